The third-order valence-electron chi connectivity index (χ3n) is 6.25. The first-order valence-electron chi connectivity index (χ1n) is 12.7. The summed E-state index contributed by atoms with van der Waals surface area (Å²) in [4.78, 5) is 39.3. The number of piperidine rings is 1. The van der Waals surface area contributed by atoms with Gasteiger partial charge in [-0.3, -0.25) is 9.59 Å². The lowest BCUT2D eigenvalue weighted by atomic mass is 9.99. The van der Waals surface area contributed by atoms with Crippen molar-refractivity contribution in [3.63, 3.8) is 0 Å². The highest BCUT2D eigenvalue weighted by Gasteiger charge is 2.27. The molecule has 0 radical (unpaired) electrons. The molecule has 0 saturated carbocycles. The van der Waals surface area contributed by atoms with Crippen molar-refractivity contribution in [3.05, 3.63) is 11.6 Å². The van der Waals surface area contributed by atoms with Crippen LogP contribution in [0, 0.1) is 5.92 Å². The molecule has 0 aliphatic carbocycles. The van der Waals surface area contributed by atoms with Crippen LogP contribution in [0.4, 0.5) is 0 Å². The van der Waals surface area contributed by atoms with Crippen LogP contribution in [0.25, 0.3) is 0 Å². The van der Waals surface area contributed by atoms with E-state index in [0.717, 1.165) is 12.5 Å². The summed E-state index contributed by atoms with van der Waals surface area (Å²) in [5, 5.41) is 2.57. The second kappa shape index (κ2) is 17.6. The van der Waals surface area contributed by atoms with Crippen LogP contribution in [0.1, 0.15) is 87.0 Å². The normalized spacial score (nSPS) is 17.3. The predicted molar refractivity (Wildman–Crippen MR) is 135 cm³/mol. The zero-order valence-electron chi connectivity index (χ0n) is 22.4. The minimum absolute atomic E-state index is 0.117. The van der Waals surface area contributed by atoms with Gasteiger partial charge in [0.1, 0.15) is 6.04 Å². The van der Waals surface area contributed by atoms with Crippen molar-refractivity contribution < 1.29 is 19.1 Å². The lowest BCUT2D eigenvalue weighted by molar-refractivity contribution is -0.139. The summed E-state index contributed by atoms with van der Waals surface area (Å²) in [5.41, 5.74) is 0.473. The largest absolute Gasteiger partial charge is 0.463 e. The van der Waals surface area contributed by atoms with Crippen LogP contribution in [0.5, 0.6) is 0 Å². The first-order chi connectivity index (χ1) is 15.6. The molecule has 1 N–H and O–H groups in total. The standard InChI is InChI=1S/C17H30N2O4.C9H19N/c1-7-9-14(18-11-20)16(21)19(6)15(12(3)4)10-13(5)17(22)23-8-2;1-3-9(2)10-7-5-4-6-8-10/h10-12,14-15H,7-9H2,1-6H3,(H,18,20);9H,3-8H2,1-2H3/b13-10+;/t14-,15-;/m1./s1. The molecule has 3 atom stereocenters. The second-order valence-corrected chi connectivity index (χ2v) is 9.23. The third kappa shape index (κ3) is 11.7. The van der Waals surface area contributed by atoms with Crippen LogP contribution in [0.2, 0.25) is 0 Å². The molecule has 0 bridgehead atoms. The SMILES string of the molecule is CCC(C)N1CCCCC1.CCC[C@@H](NC=O)C(=O)N(C)[C@H](/C=C(\C)C(=O)OCC)C(C)C. The van der Waals surface area contributed by atoms with Crippen molar-refractivity contribution in [2.75, 3.05) is 26.7 Å². The lowest BCUT2D eigenvalue weighted by Crippen LogP contribution is -2.49. The van der Waals surface area contributed by atoms with Gasteiger partial charge in [-0.15, -0.1) is 0 Å². The minimum atomic E-state index is -0.542. The maximum absolute atomic E-state index is 12.6. The summed E-state index contributed by atoms with van der Waals surface area (Å²) in [6.45, 7) is 17.0. The van der Waals surface area contributed by atoms with Crippen molar-refractivity contribution in [1.29, 1.82) is 0 Å². The van der Waals surface area contributed by atoms with Gasteiger partial charge in [0.2, 0.25) is 12.3 Å². The number of hydrogen-bond acceptors (Lipinski definition) is 5. The molecule has 0 aromatic heterocycles. The fraction of sp³-hybridized carbons (Fsp3) is 0.808. The number of amides is 2. The van der Waals surface area contributed by atoms with E-state index in [1.54, 1.807) is 31.9 Å². The molecule has 192 valence electrons. The van der Waals surface area contributed by atoms with Crippen LogP contribution in [0.15, 0.2) is 11.6 Å². The molecule has 1 aliphatic rings. The van der Waals surface area contributed by atoms with Crippen molar-refractivity contribution in [2.45, 2.75) is 105 Å². The van der Waals surface area contributed by atoms with Gasteiger partial charge in [0.05, 0.1) is 12.6 Å². The van der Waals surface area contributed by atoms with Crippen LogP contribution in [-0.4, -0.2) is 73.0 Å². The number of carbonyl (C=O) groups is 3. The summed E-state index contributed by atoms with van der Waals surface area (Å²) in [5.74, 6) is -0.424. The molecular formula is C26H49N3O4. The summed E-state index contributed by atoms with van der Waals surface area (Å²) < 4.78 is 4.98. The van der Waals surface area contributed by atoms with E-state index in [1.807, 2.05) is 20.8 Å². The van der Waals surface area contributed by atoms with Gasteiger partial charge in [-0.2, -0.15) is 0 Å². The summed E-state index contributed by atoms with van der Waals surface area (Å²) >= 11 is 0. The van der Waals surface area contributed by atoms with Crippen molar-refractivity contribution in [3.8, 4) is 0 Å². The molecule has 0 aromatic rings. The van der Waals surface area contributed by atoms with Crippen molar-refractivity contribution in [1.82, 2.24) is 15.1 Å². The van der Waals surface area contributed by atoms with E-state index >= 15 is 0 Å². The fourth-order valence-electron chi connectivity index (χ4n) is 3.98. The highest BCUT2D eigenvalue weighted by molar-refractivity contribution is 5.88. The number of likely N-dealkylation sites (N-methyl/N-ethyl adjacent to an activating group) is 1. The molecule has 7 heteroatoms. The molecule has 1 fully saturated rings. The van der Waals surface area contributed by atoms with Gasteiger partial charge in [0, 0.05) is 18.7 Å². The number of rotatable bonds is 12. The zero-order valence-corrected chi connectivity index (χ0v) is 22.4. The predicted octanol–water partition coefficient (Wildman–Crippen LogP) is 4.16. The molecule has 1 saturated heterocycles. The van der Waals surface area contributed by atoms with Crippen LogP contribution < -0.4 is 5.32 Å². The fourth-order valence-corrected chi connectivity index (χ4v) is 3.98. The third-order valence-corrected chi connectivity index (χ3v) is 6.25. The van der Waals surface area contributed by atoms with Crippen LogP contribution in [0.3, 0.4) is 0 Å². The molecule has 1 rings (SSSR count). The Labute approximate surface area is 202 Å². The molecule has 2 amide bonds. The number of nitrogens with one attached hydrogen (secondary N) is 1. The number of likely N-dealkylation sites (tertiary alicyclic amines) is 1. The Hall–Kier alpha value is -1.89. The Morgan fingerprint density at radius 3 is 2.15 bits per heavy atom. The van der Waals surface area contributed by atoms with Crippen molar-refractivity contribution in [2.24, 2.45) is 5.92 Å². The van der Waals surface area contributed by atoms with E-state index in [9.17, 15) is 14.4 Å². The first-order valence-corrected chi connectivity index (χ1v) is 12.7. The number of carbonyl (C=O) groups excluding carboxylic acids is 3. The molecule has 1 aliphatic heterocycles. The maximum Gasteiger partial charge on any atom is 0.333 e. The monoisotopic (exact) mass is 467 g/mol. The van der Waals surface area contributed by atoms with Gasteiger partial charge < -0.3 is 19.9 Å². The summed E-state index contributed by atoms with van der Waals surface area (Å²) in [6, 6.07) is 0.0278. The van der Waals surface area contributed by atoms with E-state index in [2.05, 4.69) is 24.1 Å². The highest BCUT2D eigenvalue weighted by atomic mass is 16.5. The zero-order chi connectivity index (χ0) is 25.4. The Bertz CT molecular complexity index is 600. The maximum atomic E-state index is 12.6. The number of ether oxygens (including phenoxy) is 1. The van der Waals surface area contributed by atoms with E-state index in [4.69, 9.17) is 4.74 Å². The molecule has 0 aromatic carbocycles. The van der Waals surface area contributed by atoms with Gasteiger partial charge in [-0.1, -0.05) is 46.6 Å². The van der Waals surface area contributed by atoms with Gasteiger partial charge in [-0.05, 0) is 65.5 Å². The number of nitrogens with zero attached hydrogens (tertiary/aromatic N) is 2. The Morgan fingerprint density at radius 2 is 1.70 bits per heavy atom. The average Bonchev–Trinajstić information content (AvgIpc) is 2.81. The summed E-state index contributed by atoms with van der Waals surface area (Å²) in [6.07, 6.45) is 9.27. The van der Waals surface area contributed by atoms with E-state index in [1.165, 1.54) is 38.8 Å². The first kappa shape index (κ1) is 31.1. The van der Waals surface area contributed by atoms with Gasteiger partial charge in [-0.25, -0.2) is 4.79 Å². The second-order valence-electron chi connectivity index (χ2n) is 9.23. The average molecular weight is 468 g/mol. The van der Waals surface area contributed by atoms with E-state index < -0.39 is 6.04 Å². The van der Waals surface area contributed by atoms with E-state index in [0.29, 0.717) is 25.0 Å². The molecule has 0 spiro atoms. The van der Waals surface area contributed by atoms with Crippen LogP contribution in [-0.2, 0) is 19.1 Å². The minimum Gasteiger partial charge on any atom is -0.463 e. The van der Waals surface area contributed by atoms with Gasteiger partial charge >= 0.3 is 5.97 Å². The quantitative estimate of drug-likeness (QED) is 0.265. The lowest BCUT2D eigenvalue weighted by Gasteiger charge is -2.32. The molecule has 7 nitrogen and oxygen atoms in total. The Kier molecular flexibility index (Phi) is 16.6. The molecule has 33 heavy (non-hydrogen) atoms. The van der Waals surface area contributed by atoms with Crippen molar-refractivity contribution >= 4 is 18.3 Å². The number of hydrogen-bond donors (Lipinski definition) is 1. The number of esters is 1. The topological polar surface area (TPSA) is 79.0 Å². The van der Waals surface area contributed by atoms with Crippen LogP contribution >= 0.6 is 0 Å². The van der Waals surface area contributed by atoms with E-state index in [-0.39, 0.29) is 23.8 Å². The highest BCUT2D eigenvalue weighted by Crippen LogP contribution is 2.16. The summed E-state index contributed by atoms with van der Waals surface area (Å²) in [7, 11) is 1.69. The van der Waals surface area contributed by atoms with Gasteiger partial charge in [0.15, 0.2) is 0 Å². The smallest absolute Gasteiger partial charge is 0.333 e. The molecule has 1 heterocycles. The molecule has 1 unspecified atom stereocenters. The molecular weight excluding hydrogens is 418 g/mol. The Morgan fingerprint density at radius 1 is 1.09 bits per heavy atom. The van der Waals surface area contributed by atoms with Gasteiger partial charge in [0.25, 0.3) is 0 Å². The Balaban J connectivity index is 0.000000843.